The average molecular weight is 273 g/mol. The van der Waals surface area contributed by atoms with Crippen LogP contribution < -0.4 is 5.32 Å². The van der Waals surface area contributed by atoms with Gasteiger partial charge in [0, 0.05) is 20.1 Å². The molecule has 7 nitrogen and oxygen atoms in total. The first kappa shape index (κ1) is 17.2. The van der Waals surface area contributed by atoms with E-state index in [1.54, 1.807) is 27.9 Å². The van der Waals surface area contributed by atoms with Gasteiger partial charge < -0.3 is 20.2 Å². The fourth-order valence-corrected chi connectivity index (χ4v) is 1.51. The molecule has 0 rings (SSSR count). The highest BCUT2D eigenvalue weighted by atomic mass is 16.4. The highest BCUT2D eigenvalue weighted by molar-refractivity contribution is 5.87. The van der Waals surface area contributed by atoms with Crippen molar-refractivity contribution in [1.29, 1.82) is 0 Å². The number of rotatable bonds is 6. The van der Waals surface area contributed by atoms with Gasteiger partial charge in [0.05, 0.1) is 0 Å². The quantitative estimate of drug-likeness (QED) is 0.731. The zero-order valence-corrected chi connectivity index (χ0v) is 12.1. The Morgan fingerprint density at radius 2 is 1.74 bits per heavy atom. The van der Waals surface area contributed by atoms with E-state index in [0.717, 1.165) is 0 Å². The lowest BCUT2D eigenvalue weighted by Crippen LogP contribution is -2.53. The number of likely N-dealkylation sites (N-methyl/N-ethyl adjacent to an activating group) is 1. The number of carbonyl (C=O) groups excluding carboxylic acids is 2. The summed E-state index contributed by atoms with van der Waals surface area (Å²) >= 11 is 0. The molecule has 110 valence electrons. The maximum absolute atomic E-state index is 12.0. The van der Waals surface area contributed by atoms with Crippen molar-refractivity contribution in [2.45, 2.75) is 39.3 Å². The first-order valence-corrected chi connectivity index (χ1v) is 6.20. The van der Waals surface area contributed by atoms with Crippen LogP contribution in [0.15, 0.2) is 0 Å². The highest BCUT2D eigenvalue weighted by Gasteiger charge is 2.25. The fourth-order valence-electron chi connectivity index (χ4n) is 1.51. The molecule has 2 unspecified atom stereocenters. The monoisotopic (exact) mass is 273 g/mol. The molecule has 0 aliphatic carbocycles. The van der Waals surface area contributed by atoms with Crippen LogP contribution >= 0.6 is 0 Å². The van der Waals surface area contributed by atoms with Gasteiger partial charge in [0.2, 0.25) is 5.91 Å². The van der Waals surface area contributed by atoms with Gasteiger partial charge in [0.1, 0.15) is 12.6 Å². The fraction of sp³-hybridized carbons (Fsp3) is 0.750. The number of amides is 3. The van der Waals surface area contributed by atoms with Crippen molar-refractivity contribution in [2.75, 3.05) is 20.6 Å². The molecule has 0 radical (unpaired) electrons. The summed E-state index contributed by atoms with van der Waals surface area (Å²) in [5.41, 5.74) is 0. The van der Waals surface area contributed by atoms with Crippen LogP contribution in [0.25, 0.3) is 0 Å². The molecule has 0 bridgehead atoms. The maximum Gasteiger partial charge on any atom is 0.323 e. The van der Waals surface area contributed by atoms with Crippen LogP contribution in [0.4, 0.5) is 4.79 Å². The van der Waals surface area contributed by atoms with Crippen molar-refractivity contribution in [3.8, 4) is 0 Å². The summed E-state index contributed by atoms with van der Waals surface area (Å²) < 4.78 is 0. The van der Waals surface area contributed by atoms with Crippen molar-refractivity contribution < 1.29 is 19.5 Å². The lowest BCUT2D eigenvalue weighted by Gasteiger charge is -2.29. The molecule has 0 fully saturated rings. The summed E-state index contributed by atoms with van der Waals surface area (Å²) in [5.74, 6) is -1.32. The summed E-state index contributed by atoms with van der Waals surface area (Å²) in [7, 11) is 3.18. The zero-order valence-electron chi connectivity index (χ0n) is 12.1. The summed E-state index contributed by atoms with van der Waals surface area (Å²) in [6, 6.07) is -1.44. The van der Waals surface area contributed by atoms with E-state index in [1.165, 1.54) is 9.80 Å². The number of nitrogens with zero attached hydrogens (tertiary/aromatic N) is 2. The van der Waals surface area contributed by atoms with Crippen molar-refractivity contribution in [2.24, 2.45) is 0 Å². The largest absolute Gasteiger partial charge is 0.480 e. The highest BCUT2D eigenvalue weighted by Crippen LogP contribution is 2.04. The molecular weight excluding hydrogens is 250 g/mol. The Morgan fingerprint density at radius 3 is 2.11 bits per heavy atom. The Labute approximate surface area is 113 Å². The summed E-state index contributed by atoms with van der Waals surface area (Å²) in [6.45, 7) is 4.81. The maximum atomic E-state index is 12.0. The molecule has 0 aromatic carbocycles. The van der Waals surface area contributed by atoms with Gasteiger partial charge in [0.25, 0.3) is 0 Å². The second-order valence-electron chi connectivity index (χ2n) is 4.68. The third kappa shape index (κ3) is 5.58. The average Bonchev–Trinajstić information content (AvgIpc) is 2.33. The lowest BCUT2D eigenvalue weighted by molar-refractivity contribution is -0.138. The molecule has 0 saturated heterocycles. The molecule has 0 spiro atoms. The molecular formula is C12H23N3O4. The zero-order chi connectivity index (χ0) is 15.2. The topological polar surface area (TPSA) is 90.0 Å². The minimum atomic E-state index is -1.08. The molecule has 0 aliphatic rings. The molecule has 19 heavy (non-hydrogen) atoms. The number of aliphatic carboxylic acids is 1. The third-order valence-corrected chi connectivity index (χ3v) is 2.84. The van der Waals surface area contributed by atoms with Gasteiger partial charge >= 0.3 is 12.0 Å². The van der Waals surface area contributed by atoms with Crippen LogP contribution in [0.3, 0.4) is 0 Å². The Balaban J connectivity index is 4.73. The van der Waals surface area contributed by atoms with E-state index in [4.69, 9.17) is 5.11 Å². The molecule has 0 heterocycles. The van der Waals surface area contributed by atoms with Crippen LogP contribution in [0.5, 0.6) is 0 Å². The van der Waals surface area contributed by atoms with Crippen molar-refractivity contribution in [3.63, 3.8) is 0 Å². The number of urea groups is 1. The Bertz CT molecular complexity index is 344. The third-order valence-electron chi connectivity index (χ3n) is 2.84. The minimum Gasteiger partial charge on any atom is -0.480 e. The summed E-state index contributed by atoms with van der Waals surface area (Å²) in [5, 5.41) is 11.3. The molecule has 0 aromatic rings. The van der Waals surface area contributed by atoms with Crippen LogP contribution in [-0.4, -0.2) is 65.5 Å². The summed E-state index contributed by atoms with van der Waals surface area (Å²) in [6.07, 6.45) is 0.636. The number of hydrogen-bond acceptors (Lipinski definition) is 3. The molecule has 0 aromatic heterocycles. The molecule has 0 saturated carbocycles. The second kappa shape index (κ2) is 7.60. The SMILES string of the molecule is CCC(C)N(CC(=O)O)C(=O)NC(C)C(=O)N(C)C. The van der Waals surface area contributed by atoms with Crippen molar-refractivity contribution in [3.05, 3.63) is 0 Å². The van der Waals surface area contributed by atoms with E-state index in [-0.39, 0.29) is 18.5 Å². The molecule has 2 N–H and O–H groups in total. The van der Waals surface area contributed by atoms with Gasteiger partial charge in [-0.05, 0) is 20.3 Å². The van der Waals surface area contributed by atoms with Crippen LogP contribution in [0.2, 0.25) is 0 Å². The Kier molecular flexibility index (Phi) is 6.89. The van der Waals surface area contributed by atoms with Gasteiger partial charge in [0.15, 0.2) is 0 Å². The van der Waals surface area contributed by atoms with E-state index in [9.17, 15) is 14.4 Å². The van der Waals surface area contributed by atoms with Gasteiger partial charge in [-0.25, -0.2) is 4.79 Å². The van der Waals surface area contributed by atoms with E-state index in [2.05, 4.69) is 5.32 Å². The second-order valence-corrected chi connectivity index (χ2v) is 4.68. The number of hydrogen-bond donors (Lipinski definition) is 2. The standard InChI is InChI=1S/C12H23N3O4/c1-6-8(2)15(7-10(16)17)12(19)13-9(3)11(18)14(4)5/h8-9H,6-7H2,1-5H3,(H,13,19)(H,16,17). The first-order valence-electron chi connectivity index (χ1n) is 6.20. The van der Waals surface area contributed by atoms with E-state index in [0.29, 0.717) is 6.42 Å². The summed E-state index contributed by atoms with van der Waals surface area (Å²) in [4.78, 5) is 37.0. The van der Waals surface area contributed by atoms with E-state index < -0.39 is 18.0 Å². The molecule has 0 aliphatic heterocycles. The predicted octanol–water partition coefficient (Wildman–Crippen LogP) is 0.358. The number of carbonyl (C=O) groups is 3. The smallest absolute Gasteiger partial charge is 0.323 e. The molecule has 7 heteroatoms. The van der Waals surface area contributed by atoms with E-state index in [1.807, 2.05) is 6.92 Å². The van der Waals surface area contributed by atoms with Crippen LogP contribution in [0.1, 0.15) is 27.2 Å². The first-order chi connectivity index (χ1) is 8.70. The predicted molar refractivity (Wildman–Crippen MR) is 70.8 cm³/mol. The molecule has 3 amide bonds. The van der Waals surface area contributed by atoms with Gasteiger partial charge in [-0.2, -0.15) is 0 Å². The minimum absolute atomic E-state index is 0.210. The van der Waals surface area contributed by atoms with Crippen molar-refractivity contribution >= 4 is 17.9 Å². The number of nitrogens with one attached hydrogen (secondary N) is 1. The van der Waals surface area contributed by atoms with Crippen LogP contribution in [0, 0.1) is 0 Å². The Hall–Kier alpha value is -1.79. The lowest BCUT2D eigenvalue weighted by atomic mass is 10.2. The van der Waals surface area contributed by atoms with E-state index >= 15 is 0 Å². The normalized spacial score (nSPS) is 13.3. The van der Waals surface area contributed by atoms with Gasteiger partial charge in [-0.15, -0.1) is 0 Å². The van der Waals surface area contributed by atoms with Crippen LogP contribution in [-0.2, 0) is 9.59 Å². The van der Waals surface area contributed by atoms with Gasteiger partial charge in [-0.1, -0.05) is 6.92 Å². The number of carboxylic acids is 1. The van der Waals surface area contributed by atoms with Gasteiger partial charge in [-0.3, -0.25) is 9.59 Å². The molecule has 2 atom stereocenters. The van der Waals surface area contributed by atoms with Crippen molar-refractivity contribution in [1.82, 2.24) is 15.1 Å². The Morgan fingerprint density at radius 1 is 1.21 bits per heavy atom. The number of carboxylic acid groups (broad SMARTS) is 1.